The molecule has 1 amide bonds. The van der Waals surface area contributed by atoms with E-state index in [1.165, 1.54) is 16.4 Å². The van der Waals surface area contributed by atoms with Gasteiger partial charge in [0.2, 0.25) is 15.9 Å². The molecule has 3 rings (SSSR count). The number of carbonyl (C=O) groups is 1. The molecule has 1 aliphatic rings. The van der Waals surface area contributed by atoms with Gasteiger partial charge in [-0.15, -0.1) is 0 Å². The Balaban J connectivity index is 1.69. The van der Waals surface area contributed by atoms with Crippen molar-refractivity contribution in [2.45, 2.75) is 17.7 Å². The van der Waals surface area contributed by atoms with Gasteiger partial charge in [-0.1, -0.05) is 11.6 Å². The maximum Gasteiger partial charge on any atom is 0.243 e. The fourth-order valence-corrected chi connectivity index (χ4v) is 4.70. The lowest BCUT2D eigenvalue weighted by Crippen LogP contribution is -2.43. The molecule has 1 atom stereocenters. The van der Waals surface area contributed by atoms with Crippen LogP contribution in [-0.2, 0) is 14.8 Å². The van der Waals surface area contributed by atoms with Gasteiger partial charge in [0.1, 0.15) is 5.75 Å². The smallest absolute Gasteiger partial charge is 0.243 e. The summed E-state index contributed by atoms with van der Waals surface area (Å²) in [6.45, 7) is 0.560. The fraction of sp³-hybridized carbons (Fsp3) is 0.316. The standard InChI is InChI=1S/C19H21ClN2O4S/c1-26-17-8-6-16(7-9-17)21-19(23)14-3-2-12-22(13-14)27(24,25)18-10-4-15(20)5-11-18/h4-11,14H,2-3,12-13H2,1H3,(H,21,23)/t14-/m0/s1. The average molecular weight is 409 g/mol. The van der Waals surface area contributed by atoms with Crippen LogP contribution in [-0.4, -0.2) is 38.8 Å². The number of methoxy groups -OCH3 is 1. The molecule has 2 aromatic carbocycles. The van der Waals surface area contributed by atoms with Crippen LogP contribution in [0.2, 0.25) is 5.02 Å². The third kappa shape index (κ3) is 4.61. The Morgan fingerprint density at radius 2 is 1.81 bits per heavy atom. The molecule has 6 nitrogen and oxygen atoms in total. The van der Waals surface area contributed by atoms with Gasteiger partial charge < -0.3 is 10.1 Å². The van der Waals surface area contributed by atoms with Gasteiger partial charge in [0.05, 0.1) is 17.9 Å². The average Bonchev–Trinajstić information content (AvgIpc) is 2.69. The second kappa shape index (κ2) is 8.29. The van der Waals surface area contributed by atoms with Crippen LogP contribution in [0.25, 0.3) is 0 Å². The first-order chi connectivity index (χ1) is 12.9. The first kappa shape index (κ1) is 19.7. The zero-order valence-electron chi connectivity index (χ0n) is 14.9. The molecule has 0 radical (unpaired) electrons. The highest BCUT2D eigenvalue weighted by molar-refractivity contribution is 7.89. The number of nitrogens with zero attached hydrogens (tertiary/aromatic N) is 1. The van der Waals surface area contributed by atoms with E-state index in [2.05, 4.69) is 5.32 Å². The lowest BCUT2D eigenvalue weighted by atomic mass is 9.99. The van der Waals surface area contributed by atoms with E-state index in [0.717, 1.165) is 0 Å². The number of benzene rings is 2. The maximum absolute atomic E-state index is 12.8. The van der Waals surface area contributed by atoms with E-state index in [1.807, 2.05) is 0 Å². The largest absolute Gasteiger partial charge is 0.497 e. The van der Waals surface area contributed by atoms with E-state index >= 15 is 0 Å². The van der Waals surface area contributed by atoms with E-state index in [-0.39, 0.29) is 17.3 Å². The van der Waals surface area contributed by atoms with Crippen LogP contribution < -0.4 is 10.1 Å². The molecule has 0 unspecified atom stereocenters. The normalized spacial score (nSPS) is 18.1. The van der Waals surface area contributed by atoms with Gasteiger partial charge in [-0.2, -0.15) is 4.31 Å². The Bertz CT molecular complexity index is 898. The van der Waals surface area contributed by atoms with E-state index in [0.29, 0.717) is 35.8 Å². The van der Waals surface area contributed by atoms with Gasteiger partial charge in [-0.3, -0.25) is 4.79 Å². The summed E-state index contributed by atoms with van der Waals surface area (Å²) in [4.78, 5) is 12.8. The summed E-state index contributed by atoms with van der Waals surface area (Å²) in [6.07, 6.45) is 1.28. The molecule has 2 aromatic rings. The Morgan fingerprint density at radius 3 is 2.44 bits per heavy atom. The SMILES string of the molecule is COc1ccc(NC(=O)[C@H]2CCCN(S(=O)(=O)c3ccc(Cl)cc3)C2)cc1. The quantitative estimate of drug-likeness (QED) is 0.822. The third-order valence-corrected chi connectivity index (χ3v) is 6.70. The maximum atomic E-state index is 12.8. The summed E-state index contributed by atoms with van der Waals surface area (Å²) in [5.74, 6) is 0.116. The van der Waals surface area contributed by atoms with Gasteiger partial charge in [-0.05, 0) is 61.4 Å². The Morgan fingerprint density at radius 1 is 1.15 bits per heavy atom. The number of piperidine rings is 1. The van der Waals surface area contributed by atoms with E-state index < -0.39 is 15.9 Å². The van der Waals surface area contributed by atoms with Gasteiger partial charge in [0.15, 0.2) is 0 Å². The summed E-state index contributed by atoms with van der Waals surface area (Å²) < 4.78 is 32.1. The zero-order chi connectivity index (χ0) is 19.4. The van der Waals surface area contributed by atoms with Crippen molar-refractivity contribution in [1.82, 2.24) is 4.31 Å². The predicted molar refractivity (Wildman–Crippen MR) is 105 cm³/mol. The van der Waals surface area contributed by atoms with Crippen LogP contribution >= 0.6 is 11.6 Å². The molecular formula is C19H21ClN2O4S. The minimum Gasteiger partial charge on any atom is -0.497 e. The van der Waals surface area contributed by atoms with Crippen LogP contribution in [0, 0.1) is 5.92 Å². The number of hydrogen-bond donors (Lipinski definition) is 1. The molecule has 8 heteroatoms. The highest BCUT2D eigenvalue weighted by Crippen LogP contribution is 2.26. The summed E-state index contributed by atoms with van der Waals surface area (Å²) in [7, 11) is -2.07. The van der Waals surface area contributed by atoms with Crippen molar-refractivity contribution < 1.29 is 17.9 Å². The van der Waals surface area contributed by atoms with Crippen LogP contribution in [0.15, 0.2) is 53.4 Å². The first-order valence-corrected chi connectivity index (χ1v) is 10.4. The van der Waals surface area contributed by atoms with Crippen molar-refractivity contribution in [2.75, 3.05) is 25.5 Å². The minimum atomic E-state index is -3.65. The molecule has 0 aliphatic carbocycles. The van der Waals surface area contributed by atoms with Gasteiger partial charge >= 0.3 is 0 Å². The predicted octanol–water partition coefficient (Wildman–Crippen LogP) is 3.39. The van der Waals surface area contributed by atoms with Gasteiger partial charge in [-0.25, -0.2) is 8.42 Å². The molecule has 0 bridgehead atoms. The van der Waals surface area contributed by atoms with E-state index in [4.69, 9.17) is 16.3 Å². The molecule has 1 saturated heterocycles. The Labute approximate surface area is 164 Å². The number of carbonyl (C=O) groups excluding carboxylic acids is 1. The molecule has 144 valence electrons. The monoisotopic (exact) mass is 408 g/mol. The summed E-state index contributed by atoms with van der Waals surface area (Å²) in [6, 6.07) is 13.1. The highest BCUT2D eigenvalue weighted by atomic mass is 35.5. The van der Waals surface area contributed by atoms with Crippen LogP contribution in [0.1, 0.15) is 12.8 Å². The lowest BCUT2D eigenvalue weighted by molar-refractivity contribution is -0.120. The number of nitrogens with one attached hydrogen (secondary N) is 1. The van der Waals surface area contributed by atoms with Crippen LogP contribution in [0.5, 0.6) is 5.75 Å². The number of amides is 1. The Kier molecular flexibility index (Phi) is 6.04. The van der Waals surface area contributed by atoms with Gasteiger partial charge in [0.25, 0.3) is 0 Å². The second-order valence-corrected chi connectivity index (χ2v) is 8.75. The highest BCUT2D eigenvalue weighted by Gasteiger charge is 2.33. The van der Waals surface area contributed by atoms with Crippen molar-refractivity contribution in [2.24, 2.45) is 5.92 Å². The molecule has 27 heavy (non-hydrogen) atoms. The zero-order valence-corrected chi connectivity index (χ0v) is 16.5. The summed E-state index contributed by atoms with van der Waals surface area (Å²) in [5, 5.41) is 3.32. The number of halogens is 1. The van der Waals surface area contributed by atoms with Crippen molar-refractivity contribution in [3.63, 3.8) is 0 Å². The molecular weight excluding hydrogens is 388 g/mol. The molecule has 1 fully saturated rings. The van der Waals surface area contributed by atoms with Crippen LogP contribution in [0.3, 0.4) is 0 Å². The number of anilines is 1. The van der Waals surface area contributed by atoms with Gasteiger partial charge in [0, 0.05) is 23.8 Å². The summed E-state index contributed by atoms with van der Waals surface area (Å²) in [5.41, 5.74) is 0.651. The topological polar surface area (TPSA) is 75.7 Å². The number of hydrogen-bond acceptors (Lipinski definition) is 4. The lowest BCUT2D eigenvalue weighted by Gasteiger charge is -2.31. The van der Waals surface area contributed by atoms with E-state index in [9.17, 15) is 13.2 Å². The molecule has 1 heterocycles. The second-order valence-electron chi connectivity index (χ2n) is 6.37. The summed E-state index contributed by atoms with van der Waals surface area (Å²) >= 11 is 5.84. The molecule has 0 aromatic heterocycles. The molecule has 1 N–H and O–H groups in total. The minimum absolute atomic E-state index is 0.160. The fourth-order valence-electron chi connectivity index (χ4n) is 3.05. The van der Waals surface area contributed by atoms with Crippen molar-refractivity contribution in [1.29, 1.82) is 0 Å². The van der Waals surface area contributed by atoms with Crippen molar-refractivity contribution in [3.05, 3.63) is 53.6 Å². The van der Waals surface area contributed by atoms with Crippen molar-refractivity contribution >= 4 is 33.2 Å². The Hall–Kier alpha value is -2.09. The third-order valence-electron chi connectivity index (χ3n) is 4.56. The molecule has 0 spiro atoms. The number of rotatable bonds is 5. The molecule has 1 aliphatic heterocycles. The van der Waals surface area contributed by atoms with Crippen molar-refractivity contribution in [3.8, 4) is 5.75 Å². The van der Waals surface area contributed by atoms with E-state index in [1.54, 1.807) is 43.5 Å². The molecule has 0 saturated carbocycles. The number of sulfonamides is 1. The first-order valence-electron chi connectivity index (χ1n) is 8.61. The van der Waals surface area contributed by atoms with Crippen LogP contribution in [0.4, 0.5) is 5.69 Å². The number of ether oxygens (including phenoxy) is 1.